The van der Waals surface area contributed by atoms with Gasteiger partial charge in [0.15, 0.2) is 0 Å². The highest BCUT2D eigenvalue weighted by molar-refractivity contribution is 6.74. The third kappa shape index (κ3) is 19.1. The third-order valence-electron chi connectivity index (χ3n) is 1.22. The summed E-state index contributed by atoms with van der Waals surface area (Å²) >= 11 is -1.97. The summed E-state index contributed by atoms with van der Waals surface area (Å²) in [4.78, 5) is 18.9. The molecule has 0 aromatic rings. The van der Waals surface area contributed by atoms with Gasteiger partial charge in [0.05, 0.1) is 0 Å². The molecule has 17 heavy (non-hydrogen) atoms. The van der Waals surface area contributed by atoms with Crippen LogP contribution in [0.25, 0.3) is 0 Å². The van der Waals surface area contributed by atoms with Crippen LogP contribution in [0.5, 0.6) is 0 Å². The standard InChI is InChI=1S/C2H7O3Si.C2H7O2Si.2CH4.2CH3.Al.H2O/c1-5-6(2,3)4;1-5(2,3)4;;;;;;/h3H,1-2H3;3H,1-2H3;2*1H4;2*1H3;;1H2/q2*-1;;;;2*+1;. The van der Waals surface area contributed by atoms with Crippen LogP contribution in [0.1, 0.15) is 14.9 Å². The molecule has 0 amide bonds. The SMILES string of the molecule is C.C.CO[Si](C)(O)[O][Al-]([CH3])[O][Si](C)(C)O.O.[CH3+]. The summed E-state index contributed by atoms with van der Waals surface area (Å²) in [5.74, 6) is 1.76. The van der Waals surface area contributed by atoms with E-state index >= 15 is 0 Å². The largest absolute Gasteiger partial charge is 0.683 e. The van der Waals surface area contributed by atoms with Crippen molar-refractivity contribution >= 4 is 32.2 Å². The van der Waals surface area contributed by atoms with Crippen molar-refractivity contribution in [2.24, 2.45) is 0 Å². The van der Waals surface area contributed by atoms with Gasteiger partial charge in [0, 0.05) is 21.1 Å². The van der Waals surface area contributed by atoms with Gasteiger partial charge in [0.25, 0.3) is 8.56 Å². The van der Waals surface area contributed by atoms with Crippen LogP contribution in [0, 0.1) is 7.43 Å². The van der Waals surface area contributed by atoms with Crippen LogP contribution in [-0.4, -0.2) is 54.4 Å². The Morgan fingerprint density at radius 3 is 1.59 bits per heavy atom. The predicted octanol–water partition coefficient (Wildman–Crippen LogP) is 0.937. The van der Waals surface area contributed by atoms with Crippen molar-refractivity contribution in [3.8, 4) is 0 Å². The molecule has 0 aliphatic carbocycles. The summed E-state index contributed by atoms with van der Waals surface area (Å²) in [5, 5.41) is 0. The smallest absolute Gasteiger partial charge is 0.434 e. The quantitative estimate of drug-likeness (QED) is 0.581. The van der Waals surface area contributed by atoms with Crippen molar-refractivity contribution in [1.82, 2.24) is 0 Å². The van der Waals surface area contributed by atoms with Gasteiger partial charge in [-0.2, -0.15) is 5.79 Å². The monoisotopic (exact) mass is 305 g/mol. The van der Waals surface area contributed by atoms with Gasteiger partial charge in [-0.3, -0.25) is 0 Å². The molecular formula is C8H30AlO6Si2. The molecular weight excluding hydrogens is 275 g/mol. The third-order valence-corrected chi connectivity index (χ3v) is 8.69. The molecule has 4 N–H and O–H groups in total. The van der Waals surface area contributed by atoms with Crippen LogP contribution >= 0.6 is 0 Å². The lowest BCUT2D eigenvalue weighted by Gasteiger charge is -2.37. The normalized spacial score (nSPS) is 13.4. The Morgan fingerprint density at radius 2 is 1.35 bits per heavy atom. The maximum Gasteiger partial charge on any atom is 0.434 e. The van der Waals surface area contributed by atoms with Crippen LogP contribution in [0.4, 0.5) is 0 Å². The molecule has 0 aliphatic rings. The lowest BCUT2D eigenvalue weighted by molar-refractivity contribution is 0.188. The molecule has 0 aromatic heterocycles. The molecule has 0 saturated carbocycles. The minimum atomic E-state index is -2.99. The van der Waals surface area contributed by atoms with Crippen molar-refractivity contribution in [1.29, 1.82) is 0 Å². The van der Waals surface area contributed by atoms with Gasteiger partial charge in [0.1, 0.15) is 0 Å². The predicted molar refractivity (Wildman–Crippen MR) is 77.8 cm³/mol. The van der Waals surface area contributed by atoms with E-state index in [-0.39, 0.29) is 27.8 Å². The minimum Gasteiger partial charge on any atom is -0.683 e. The lowest BCUT2D eigenvalue weighted by atomic mass is 11.8. The highest BCUT2D eigenvalue weighted by atomic mass is 28.4. The first-order valence-corrected chi connectivity index (χ1v) is 11.2. The van der Waals surface area contributed by atoms with E-state index in [4.69, 9.17) is 11.4 Å². The first kappa shape index (κ1) is 30.5. The van der Waals surface area contributed by atoms with Gasteiger partial charge in [-0.15, -0.1) is 0 Å². The Morgan fingerprint density at radius 1 is 1.00 bits per heavy atom. The molecule has 1 atom stereocenters. The Balaban J connectivity index is -0.000000120. The fourth-order valence-electron chi connectivity index (χ4n) is 0.786. The Kier molecular flexibility index (Phi) is 21.0. The van der Waals surface area contributed by atoms with E-state index in [9.17, 15) is 9.59 Å². The molecule has 109 valence electrons. The van der Waals surface area contributed by atoms with E-state index in [1.54, 1.807) is 18.9 Å². The van der Waals surface area contributed by atoms with E-state index in [0.717, 1.165) is 0 Å². The van der Waals surface area contributed by atoms with Crippen LogP contribution in [0.2, 0.25) is 25.4 Å². The number of rotatable bonds is 5. The van der Waals surface area contributed by atoms with Crippen molar-refractivity contribution in [3.63, 3.8) is 0 Å². The van der Waals surface area contributed by atoms with Crippen LogP contribution in [0.3, 0.4) is 0 Å². The molecule has 1 unspecified atom stereocenters. The summed E-state index contributed by atoms with van der Waals surface area (Å²) in [7, 11) is -4.14. The maximum atomic E-state index is 9.47. The molecule has 0 spiro atoms. The zero-order chi connectivity index (χ0) is 10.7. The minimum absolute atomic E-state index is 0. The van der Waals surface area contributed by atoms with Gasteiger partial charge in [-0.1, -0.05) is 14.9 Å². The van der Waals surface area contributed by atoms with E-state index < -0.39 is 32.2 Å². The van der Waals surface area contributed by atoms with E-state index in [2.05, 4.69) is 0 Å². The molecule has 0 saturated heterocycles. The van der Waals surface area contributed by atoms with Crippen molar-refractivity contribution < 1.29 is 26.4 Å². The van der Waals surface area contributed by atoms with Gasteiger partial charge in [-0.25, -0.2) is 0 Å². The molecule has 0 aliphatic heterocycles. The van der Waals surface area contributed by atoms with Crippen molar-refractivity contribution in [2.45, 2.75) is 40.3 Å². The highest BCUT2D eigenvalue weighted by Crippen LogP contribution is 2.08. The molecule has 1 radical (unpaired) electrons. The molecule has 9 heteroatoms. The average molecular weight is 305 g/mol. The first-order chi connectivity index (χ1) is 5.66. The zero-order valence-electron chi connectivity index (χ0n) is 10.2. The summed E-state index contributed by atoms with van der Waals surface area (Å²) in [6.45, 7) is 4.83. The van der Waals surface area contributed by atoms with E-state index in [0.29, 0.717) is 0 Å². The summed E-state index contributed by atoms with van der Waals surface area (Å²) in [6, 6.07) is 0. The maximum absolute atomic E-state index is 9.47. The molecule has 0 heterocycles. The Hall–Kier alpha value is 0.596. The summed E-state index contributed by atoms with van der Waals surface area (Å²) < 4.78 is 15.3. The van der Waals surface area contributed by atoms with Crippen molar-refractivity contribution in [2.75, 3.05) is 7.11 Å². The van der Waals surface area contributed by atoms with Crippen LogP contribution in [0.15, 0.2) is 0 Å². The molecule has 0 fully saturated rings. The first-order valence-electron chi connectivity index (χ1n) is 4.02. The molecule has 0 aromatic carbocycles. The van der Waals surface area contributed by atoms with Gasteiger partial charge in [-0.05, 0) is 13.1 Å². The molecule has 6 nitrogen and oxygen atoms in total. The second-order valence-corrected chi connectivity index (χ2v) is 11.5. The highest BCUT2D eigenvalue weighted by Gasteiger charge is 2.27. The average Bonchev–Trinajstić information content (AvgIpc) is 1.81. The van der Waals surface area contributed by atoms with Gasteiger partial charge in [0.2, 0.25) is 0 Å². The Bertz CT molecular complexity index is 165. The molecule has 0 rings (SSSR count). The van der Waals surface area contributed by atoms with Gasteiger partial charge < -0.3 is 26.4 Å². The van der Waals surface area contributed by atoms with Crippen molar-refractivity contribution in [3.05, 3.63) is 7.43 Å². The summed E-state index contributed by atoms with van der Waals surface area (Å²) in [5.41, 5.74) is 0. The zero-order valence-corrected chi connectivity index (χ0v) is 13.4. The number of hydrogen-bond acceptors (Lipinski definition) is 5. The van der Waals surface area contributed by atoms with E-state index in [1.807, 2.05) is 0 Å². The lowest BCUT2D eigenvalue weighted by Crippen LogP contribution is -2.47. The Labute approximate surface area is 114 Å². The summed E-state index contributed by atoms with van der Waals surface area (Å²) in [6.07, 6.45) is 0. The van der Waals surface area contributed by atoms with Crippen LogP contribution in [-0.2, 0) is 11.4 Å². The molecule has 0 bridgehead atoms. The second-order valence-electron chi connectivity index (χ2n) is 3.35. The van der Waals surface area contributed by atoms with Crippen LogP contribution < -0.4 is 0 Å². The number of hydrogen-bond donors (Lipinski definition) is 2. The van der Waals surface area contributed by atoms with E-state index in [1.165, 1.54) is 13.7 Å². The topological polar surface area (TPSA) is 99.7 Å². The second kappa shape index (κ2) is 11.7. The fraction of sp³-hybridized carbons (Fsp3) is 0.875. The fourth-order valence-corrected chi connectivity index (χ4v) is 7.51. The van der Waals surface area contributed by atoms with Gasteiger partial charge >= 0.3 is 23.6 Å².